The highest BCUT2D eigenvalue weighted by Crippen LogP contribution is 2.18. The number of hydrogen-bond donors (Lipinski definition) is 0. The first kappa shape index (κ1) is 76.6. The number of allylic oxidation sites excluding steroid dienone is 14. The Morgan fingerprint density at radius 3 is 0.812 bits per heavy atom. The van der Waals surface area contributed by atoms with E-state index < -0.39 is 6.10 Å². The third-order valence-corrected chi connectivity index (χ3v) is 15.1. The molecular formula is C74H130O6. The van der Waals surface area contributed by atoms with E-state index in [0.717, 1.165) is 122 Å². The molecule has 1 unspecified atom stereocenters. The van der Waals surface area contributed by atoms with Crippen LogP contribution in [0.2, 0.25) is 0 Å². The van der Waals surface area contributed by atoms with Crippen molar-refractivity contribution >= 4 is 17.9 Å². The van der Waals surface area contributed by atoms with Crippen LogP contribution in [0, 0.1) is 0 Å². The first-order valence-electron chi connectivity index (χ1n) is 34.6. The van der Waals surface area contributed by atoms with Gasteiger partial charge in [-0.15, -0.1) is 0 Å². The van der Waals surface area contributed by atoms with E-state index in [-0.39, 0.29) is 31.1 Å². The lowest BCUT2D eigenvalue weighted by Crippen LogP contribution is -2.30. The minimum absolute atomic E-state index is 0.0815. The summed E-state index contributed by atoms with van der Waals surface area (Å²) in [6.45, 7) is 6.50. The molecule has 0 radical (unpaired) electrons. The molecule has 0 rings (SSSR count). The van der Waals surface area contributed by atoms with Crippen LogP contribution in [0.15, 0.2) is 85.1 Å². The molecule has 0 bridgehead atoms. The SMILES string of the molecule is CC/C=C\C/C=C\C/C=C\C/C=C\C/C=C\CCCCCCCCCCCC(=O)OCC(COC(=O)CCCCCCC/C=C\C/C=C\CCC)OC(=O)CCCCCCCCCCCCCCCCCCCCCCCCCC. The van der Waals surface area contributed by atoms with Crippen molar-refractivity contribution in [2.75, 3.05) is 13.2 Å². The summed E-state index contributed by atoms with van der Waals surface area (Å²) in [4.78, 5) is 38.4. The van der Waals surface area contributed by atoms with E-state index in [1.165, 1.54) is 186 Å². The zero-order chi connectivity index (χ0) is 57.8. The Hall–Kier alpha value is -3.41. The molecule has 0 spiro atoms. The lowest BCUT2D eigenvalue weighted by Gasteiger charge is -2.18. The summed E-state index contributed by atoms with van der Waals surface area (Å²) in [5.41, 5.74) is 0. The average molecular weight is 1120 g/mol. The normalized spacial score (nSPS) is 12.6. The molecule has 0 fully saturated rings. The average Bonchev–Trinajstić information content (AvgIpc) is 3.46. The van der Waals surface area contributed by atoms with Crippen LogP contribution in [-0.4, -0.2) is 37.2 Å². The highest BCUT2D eigenvalue weighted by Gasteiger charge is 2.19. The van der Waals surface area contributed by atoms with Gasteiger partial charge in [0.05, 0.1) is 0 Å². The van der Waals surface area contributed by atoms with Gasteiger partial charge in [0.15, 0.2) is 6.10 Å². The fourth-order valence-electron chi connectivity index (χ4n) is 9.98. The van der Waals surface area contributed by atoms with Crippen LogP contribution in [0.4, 0.5) is 0 Å². The topological polar surface area (TPSA) is 78.9 Å². The summed E-state index contributed by atoms with van der Waals surface area (Å²) in [6, 6.07) is 0. The van der Waals surface area contributed by atoms with Crippen LogP contribution in [0.3, 0.4) is 0 Å². The third kappa shape index (κ3) is 65.4. The summed E-state index contributed by atoms with van der Waals surface area (Å²) in [7, 11) is 0. The lowest BCUT2D eigenvalue weighted by atomic mass is 10.0. The second-order valence-electron chi connectivity index (χ2n) is 23.1. The van der Waals surface area contributed by atoms with Crippen molar-refractivity contribution in [2.24, 2.45) is 0 Å². The Morgan fingerprint density at radius 1 is 0.263 bits per heavy atom. The summed E-state index contributed by atoms with van der Waals surface area (Å²) in [6.07, 6.45) is 90.4. The van der Waals surface area contributed by atoms with Gasteiger partial charge in [-0.25, -0.2) is 0 Å². The van der Waals surface area contributed by atoms with Gasteiger partial charge in [0.1, 0.15) is 13.2 Å². The van der Waals surface area contributed by atoms with Gasteiger partial charge in [0.2, 0.25) is 0 Å². The molecule has 0 heterocycles. The molecule has 0 aromatic carbocycles. The van der Waals surface area contributed by atoms with Crippen LogP contribution in [0.1, 0.15) is 348 Å². The maximum Gasteiger partial charge on any atom is 0.306 e. The molecule has 0 aliphatic rings. The summed E-state index contributed by atoms with van der Waals surface area (Å²) in [5.74, 6) is -0.883. The standard InChI is InChI=1S/C74H130O6/c1-4-7-10-13-16-19-22-25-27-29-31-33-35-37-39-40-42-44-46-49-52-55-58-61-64-67-73(76)79-70-71(69-78-72(75)66-63-60-57-54-51-48-24-21-18-15-12-9-6-3)80-74(77)68-65-62-59-56-53-50-47-45-43-41-38-36-34-32-30-28-26-23-20-17-14-11-8-5-2/h7,10,12,15-16,19,21,24-25,27,31,33,37,39,71H,4-6,8-9,11,13-14,17-18,20,22-23,26,28-30,32,34-36,38,40-70H2,1-3H3/b10-7-,15-12-,19-16-,24-21-,27-25-,33-31-,39-37-. The van der Waals surface area contributed by atoms with Crippen molar-refractivity contribution in [3.8, 4) is 0 Å². The largest absolute Gasteiger partial charge is 0.462 e. The Labute approximate surface area is 496 Å². The highest BCUT2D eigenvalue weighted by molar-refractivity contribution is 5.71. The zero-order valence-electron chi connectivity index (χ0n) is 53.1. The smallest absolute Gasteiger partial charge is 0.306 e. The Bertz CT molecular complexity index is 1520. The Kier molecular flexibility index (Phi) is 65.2. The van der Waals surface area contributed by atoms with E-state index in [1.807, 2.05) is 0 Å². The molecule has 0 saturated carbocycles. The molecule has 462 valence electrons. The molecule has 0 aromatic rings. The van der Waals surface area contributed by atoms with Gasteiger partial charge in [0, 0.05) is 19.3 Å². The molecule has 6 heteroatoms. The minimum Gasteiger partial charge on any atom is -0.462 e. The van der Waals surface area contributed by atoms with Gasteiger partial charge in [-0.1, -0.05) is 324 Å². The van der Waals surface area contributed by atoms with Crippen molar-refractivity contribution in [3.05, 3.63) is 85.1 Å². The quantitative estimate of drug-likeness (QED) is 0.0261. The molecule has 0 saturated heterocycles. The Balaban J connectivity index is 4.29. The van der Waals surface area contributed by atoms with Crippen molar-refractivity contribution in [3.63, 3.8) is 0 Å². The Morgan fingerprint density at radius 2 is 0.512 bits per heavy atom. The summed E-state index contributed by atoms with van der Waals surface area (Å²) in [5, 5.41) is 0. The van der Waals surface area contributed by atoms with Gasteiger partial charge in [-0.2, -0.15) is 0 Å². The molecule has 0 amide bonds. The maximum absolute atomic E-state index is 13.0. The van der Waals surface area contributed by atoms with Crippen LogP contribution in [-0.2, 0) is 28.6 Å². The van der Waals surface area contributed by atoms with Crippen molar-refractivity contribution in [1.29, 1.82) is 0 Å². The van der Waals surface area contributed by atoms with Gasteiger partial charge in [-0.3, -0.25) is 14.4 Å². The first-order valence-corrected chi connectivity index (χ1v) is 34.6. The third-order valence-electron chi connectivity index (χ3n) is 15.1. The molecule has 0 aliphatic carbocycles. The van der Waals surface area contributed by atoms with E-state index in [0.29, 0.717) is 19.3 Å². The number of carbonyl (C=O) groups excluding carboxylic acids is 3. The van der Waals surface area contributed by atoms with E-state index in [4.69, 9.17) is 14.2 Å². The number of hydrogen-bond acceptors (Lipinski definition) is 6. The van der Waals surface area contributed by atoms with E-state index >= 15 is 0 Å². The number of ether oxygens (including phenoxy) is 3. The van der Waals surface area contributed by atoms with Crippen molar-refractivity contribution < 1.29 is 28.6 Å². The van der Waals surface area contributed by atoms with Crippen LogP contribution in [0.25, 0.3) is 0 Å². The van der Waals surface area contributed by atoms with Gasteiger partial charge in [0.25, 0.3) is 0 Å². The van der Waals surface area contributed by atoms with E-state index in [9.17, 15) is 14.4 Å². The molecule has 0 aliphatic heterocycles. The fraction of sp³-hybridized carbons (Fsp3) is 0.770. The van der Waals surface area contributed by atoms with E-state index in [2.05, 4.69) is 106 Å². The number of carbonyl (C=O) groups is 3. The van der Waals surface area contributed by atoms with Gasteiger partial charge < -0.3 is 14.2 Å². The second kappa shape index (κ2) is 68.1. The van der Waals surface area contributed by atoms with Crippen LogP contribution in [0.5, 0.6) is 0 Å². The molecule has 80 heavy (non-hydrogen) atoms. The number of esters is 3. The molecule has 0 N–H and O–H groups in total. The minimum atomic E-state index is -0.785. The van der Waals surface area contributed by atoms with Crippen LogP contribution < -0.4 is 0 Å². The number of rotatable bonds is 63. The van der Waals surface area contributed by atoms with Crippen molar-refractivity contribution in [1.82, 2.24) is 0 Å². The van der Waals surface area contributed by atoms with Gasteiger partial charge in [-0.05, 0) is 89.9 Å². The predicted molar refractivity (Wildman–Crippen MR) is 348 cm³/mol. The highest BCUT2D eigenvalue weighted by atomic mass is 16.6. The van der Waals surface area contributed by atoms with E-state index in [1.54, 1.807) is 0 Å². The van der Waals surface area contributed by atoms with Crippen molar-refractivity contribution in [2.45, 2.75) is 354 Å². The second-order valence-corrected chi connectivity index (χ2v) is 23.1. The molecule has 6 nitrogen and oxygen atoms in total. The first-order chi connectivity index (χ1) is 39.5. The lowest BCUT2D eigenvalue weighted by molar-refractivity contribution is -0.167. The maximum atomic E-state index is 13.0. The zero-order valence-corrected chi connectivity index (χ0v) is 53.1. The molecule has 1 atom stereocenters. The molecule has 0 aromatic heterocycles. The molecular weight excluding hydrogens is 985 g/mol. The van der Waals surface area contributed by atoms with Gasteiger partial charge >= 0.3 is 17.9 Å². The monoisotopic (exact) mass is 1110 g/mol. The fourth-order valence-corrected chi connectivity index (χ4v) is 9.98. The number of unbranched alkanes of at least 4 members (excludes halogenated alkanes) is 38. The summed E-state index contributed by atoms with van der Waals surface area (Å²) >= 11 is 0. The predicted octanol–water partition coefficient (Wildman–Crippen LogP) is 23.8. The summed E-state index contributed by atoms with van der Waals surface area (Å²) < 4.78 is 17.0. The van der Waals surface area contributed by atoms with Crippen LogP contribution >= 0.6 is 0 Å².